The Labute approximate surface area is 131 Å². The molecule has 2 heterocycles. The van der Waals surface area contributed by atoms with Crippen LogP contribution in [0.2, 0.25) is 0 Å². The molecule has 3 N–H and O–H groups in total. The predicted octanol–water partition coefficient (Wildman–Crippen LogP) is 2.56. The topological polar surface area (TPSA) is 69.4 Å². The fourth-order valence-corrected chi connectivity index (χ4v) is 2.50. The smallest absolute Gasteiger partial charge is 0.161 e. The number of rotatable bonds is 3. The summed E-state index contributed by atoms with van der Waals surface area (Å²) in [5.41, 5.74) is 4.63. The molecule has 0 saturated carbocycles. The van der Waals surface area contributed by atoms with E-state index < -0.39 is 0 Å². The van der Waals surface area contributed by atoms with Gasteiger partial charge in [-0.1, -0.05) is 6.07 Å². The van der Waals surface area contributed by atoms with Crippen molar-refractivity contribution in [3.8, 4) is 11.5 Å². The Kier molecular flexibility index (Phi) is 4.38. The van der Waals surface area contributed by atoms with Crippen LogP contribution in [-0.2, 0) is 0 Å². The van der Waals surface area contributed by atoms with E-state index in [1.165, 1.54) is 0 Å². The van der Waals surface area contributed by atoms with Gasteiger partial charge < -0.3 is 9.47 Å². The van der Waals surface area contributed by atoms with Gasteiger partial charge in [0.1, 0.15) is 0 Å². The number of nitrogens with one attached hydrogen (secondary N) is 1. The third kappa shape index (κ3) is 3.18. The minimum absolute atomic E-state index is 0.199. The van der Waals surface area contributed by atoms with E-state index in [9.17, 15) is 0 Å². The molecule has 1 aliphatic heterocycles. The Hall–Kier alpha value is -1.63. The van der Waals surface area contributed by atoms with E-state index >= 15 is 0 Å². The maximum atomic E-state index is 5.72. The monoisotopic (exact) mass is 349 g/mol. The maximum Gasteiger partial charge on any atom is 0.161 e. The number of fused-ring (bicyclic) bond motifs is 1. The van der Waals surface area contributed by atoms with Crippen molar-refractivity contribution in [3.05, 3.63) is 52.3 Å². The van der Waals surface area contributed by atoms with Crippen molar-refractivity contribution in [1.82, 2.24) is 10.4 Å². The van der Waals surface area contributed by atoms with Crippen LogP contribution in [0.3, 0.4) is 0 Å². The van der Waals surface area contributed by atoms with E-state index in [4.69, 9.17) is 15.3 Å². The van der Waals surface area contributed by atoms with E-state index in [-0.39, 0.29) is 6.04 Å². The van der Waals surface area contributed by atoms with E-state index in [0.29, 0.717) is 13.2 Å². The second-order valence-corrected chi connectivity index (χ2v) is 5.67. The molecule has 0 amide bonds. The predicted molar refractivity (Wildman–Crippen MR) is 83.2 cm³/mol. The van der Waals surface area contributed by atoms with Gasteiger partial charge >= 0.3 is 0 Å². The first-order valence-corrected chi connectivity index (χ1v) is 7.54. The van der Waals surface area contributed by atoms with Gasteiger partial charge in [-0.3, -0.25) is 10.8 Å². The third-order valence-corrected chi connectivity index (χ3v) is 3.79. The zero-order chi connectivity index (χ0) is 14.7. The molecule has 3 rings (SSSR count). The SMILES string of the molecule is NNC(c1ccc2c(c1)OCCCO2)c1ccc(Br)cn1. The molecule has 0 fully saturated rings. The lowest BCUT2D eigenvalue weighted by atomic mass is 10.0. The second-order valence-electron chi connectivity index (χ2n) is 4.76. The summed E-state index contributed by atoms with van der Waals surface area (Å²) in [6.45, 7) is 1.34. The number of nitrogens with zero attached hydrogens (tertiary/aromatic N) is 1. The molecule has 110 valence electrons. The number of aromatic nitrogens is 1. The van der Waals surface area contributed by atoms with Gasteiger partial charge in [0.25, 0.3) is 0 Å². The van der Waals surface area contributed by atoms with E-state index in [1.807, 2.05) is 30.3 Å². The Morgan fingerprint density at radius 2 is 1.95 bits per heavy atom. The number of pyridine rings is 1. The highest BCUT2D eigenvalue weighted by atomic mass is 79.9. The second kappa shape index (κ2) is 6.43. The lowest BCUT2D eigenvalue weighted by Gasteiger charge is -2.17. The molecule has 21 heavy (non-hydrogen) atoms. The molecular weight excluding hydrogens is 334 g/mol. The van der Waals surface area contributed by atoms with Crippen molar-refractivity contribution in [2.24, 2.45) is 5.84 Å². The summed E-state index contributed by atoms with van der Waals surface area (Å²) in [6.07, 6.45) is 2.64. The van der Waals surface area contributed by atoms with Gasteiger partial charge in [0, 0.05) is 17.1 Å². The number of ether oxygens (including phenoxy) is 2. The molecule has 1 aromatic heterocycles. The van der Waals surface area contributed by atoms with E-state index in [0.717, 1.165) is 33.6 Å². The summed E-state index contributed by atoms with van der Waals surface area (Å²) in [5, 5.41) is 0. The number of hydrogen-bond acceptors (Lipinski definition) is 5. The van der Waals surface area contributed by atoms with Crippen LogP contribution in [0.4, 0.5) is 0 Å². The molecule has 0 bridgehead atoms. The van der Waals surface area contributed by atoms with Crippen LogP contribution >= 0.6 is 15.9 Å². The minimum Gasteiger partial charge on any atom is -0.490 e. The standard InChI is InChI=1S/C15H16BrN3O2/c16-11-3-4-12(18-9-11)15(19-17)10-2-5-13-14(8-10)21-7-1-6-20-13/h2-5,8-9,15,19H,1,6-7,17H2. The molecule has 0 saturated heterocycles. The summed E-state index contributed by atoms with van der Waals surface area (Å²) in [6, 6.07) is 9.51. The van der Waals surface area contributed by atoms with Gasteiger partial charge in [-0.15, -0.1) is 0 Å². The van der Waals surface area contributed by atoms with Crippen LogP contribution in [0.1, 0.15) is 23.7 Å². The van der Waals surface area contributed by atoms with Crippen molar-refractivity contribution in [3.63, 3.8) is 0 Å². The van der Waals surface area contributed by atoms with Crippen molar-refractivity contribution < 1.29 is 9.47 Å². The van der Waals surface area contributed by atoms with Crippen LogP contribution in [0, 0.1) is 0 Å². The first kappa shape index (κ1) is 14.3. The molecule has 0 spiro atoms. The molecule has 5 nitrogen and oxygen atoms in total. The van der Waals surface area contributed by atoms with Crippen molar-refractivity contribution in [1.29, 1.82) is 0 Å². The lowest BCUT2D eigenvalue weighted by molar-refractivity contribution is 0.297. The number of hydrogen-bond donors (Lipinski definition) is 2. The van der Waals surface area contributed by atoms with Crippen LogP contribution in [0.25, 0.3) is 0 Å². The van der Waals surface area contributed by atoms with Crippen LogP contribution in [0.15, 0.2) is 41.0 Å². The third-order valence-electron chi connectivity index (χ3n) is 3.32. The fourth-order valence-electron chi connectivity index (χ4n) is 2.27. The molecule has 1 atom stereocenters. The Morgan fingerprint density at radius 1 is 1.14 bits per heavy atom. The average Bonchev–Trinajstić information content (AvgIpc) is 2.75. The summed E-state index contributed by atoms with van der Waals surface area (Å²) < 4.78 is 12.3. The quantitative estimate of drug-likeness (QED) is 0.658. The van der Waals surface area contributed by atoms with Gasteiger partial charge in [0.05, 0.1) is 24.9 Å². The number of nitrogens with two attached hydrogens (primary N) is 1. The van der Waals surface area contributed by atoms with Gasteiger partial charge in [0.15, 0.2) is 11.5 Å². The Morgan fingerprint density at radius 3 is 2.67 bits per heavy atom. The largest absolute Gasteiger partial charge is 0.490 e. The molecule has 0 radical (unpaired) electrons. The highest BCUT2D eigenvalue weighted by molar-refractivity contribution is 9.10. The molecule has 1 unspecified atom stereocenters. The normalized spacial score (nSPS) is 15.3. The Bertz CT molecular complexity index is 619. The van der Waals surface area contributed by atoms with Crippen LogP contribution < -0.4 is 20.7 Å². The summed E-state index contributed by atoms with van der Waals surface area (Å²) in [4.78, 5) is 4.39. The number of hydrazine groups is 1. The van der Waals surface area contributed by atoms with Crippen molar-refractivity contribution >= 4 is 15.9 Å². The van der Waals surface area contributed by atoms with Gasteiger partial charge in [-0.25, -0.2) is 5.43 Å². The van der Waals surface area contributed by atoms with Gasteiger partial charge in [0.2, 0.25) is 0 Å². The fraction of sp³-hybridized carbons (Fsp3) is 0.267. The minimum atomic E-state index is -0.199. The first-order chi connectivity index (χ1) is 10.3. The number of halogens is 1. The van der Waals surface area contributed by atoms with Crippen molar-refractivity contribution in [2.75, 3.05) is 13.2 Å². The summed E-state index contributed by atoms with van der Waals surface area (Å²) in [5.74, 6) is 7.23. The van der Waals surface area contributed by atoms with Crippen LogP contribution in [0.5, 0.6) is 11.5 Å². The van der Waals surface area contributed by atoms with Crippen molar-refractivity contribution in [2.45, 2.75) is 12.5 Å². The highest BCUT2D eigenvalue weighted by Crippen LogP contribution is 2.33. The molecule has 0 aliphatic carbocycles. The summed E-state index contributed by atoms with van der Waals surface area (Å²) >= 11 is 3.38. The average molecular weight is 350 g/mol. The molecule has 1 aromatic carbocycles. The number of benzene rings is 1. The van der Waals surface area contributed by atoms with Gasteiger partial charge in [-0.2, -0.15) is 0 Å². The molecule has 2 aromatic rings. The van der Waals surface area contributed by atoms with E-state index in [2.05, 4.69) is 26.3 Å². The zero-order valence-corrected chi connectivity index (χ0v) is 13.0. The zero-order valence-electron chi connectivity index (χ0n) is 11.4. The lowest BCUT2D eigenvalue weighted by Crippen LogP contribution is -2.29. The van der Waals surface area contributed by atoms with E-state index in [1.54, 1.807) is 6.20 Å². The molecule has 6 heteroatoms. The molecular formula is C15H16BrN3O2. The summed E-state index contributed by atoms with van der Waals surface area (Å²) in [7, 11) is 0. The van der Waals surface area contributed by atoms with Gasteiger partial charge in [-0.05, 0) is 45.8 Å². The maximum absolute atomic E-state index is 5.72. The van der Waals surface area contributed by atoms with Crippen LogP contribution in [-0.4, -0.2) is 18.2 Å². The Balaban J connectivity index is 1.93. The first-order valence-electron chi connectivity index (χ1n) is 6.75. The molecule has 1 aliphatic rings. The highest BCUT2D eigenvalue weighted by Gasteiger charge is 2.17.